The molecule has 0 unspecified atom stereocenters. The Labute approximate surface area is 194 Å². The van der Waals surface area contributed by atoms with Crippen LogP contribution < -0.4 is 15.0 Å². The molecule has 0 radical (unpaired) electrons. The van der Waals surface area contributed by atoms with Crippen molar-refractivity contribution in [1.82, 2.24) is 9.55 Å². The van der Waals surface area contributed by atoms with Crippen molar-refractivity contribution in [2.45, 2.75) is 39.2 Å². The van der Waals surface area contributed by atoms with E-state index in [1.165, 1.54) is 5.56 Å². The Hall–Kier alpha value is -3.60. The van der Waals surface area contributed by atoms with Gasteiger partial charge in [-0.25, -0.2) is 4.98 Å². The molecule has 0 N–H and O–H groups in total. The van der Waals surface area contributed by atoms with Gasteiger partial charge >= 0.3 is 0 Å². The molecule has 0 fully saturated rings. The molecule has 0 aliphatic carbocycles. The lowest BCUT2D eigenvalue weighted by atomic mass is 10.0. The average Bonchev–Trinajstić information content (AvgIpc) is 2.85. The molecule has 0 saturated heterocycles. The van der Waals surface area contributed by atoms with Crippen LogP contribution in [-0.4, -0.2) is 23.3 Å². The van der Waals surface area contributed by atoms with Crippen LogP contribution in [0, 0.1) is 0 Å². The van der Waals surface area contributed by atoms with Crippen LogP contribution in [0.2, 0.25) is 0 Å². The summed E-state index contributed by atoms with van der Waals surface area (Å²) < 4.78 is 13.0. The van der Waals surface area contributed by atoms with Gasteiger partial charge in [0.1, 0.15) is 17.3 Å². The summed E-state index contributed by atoms with van der Waals surface area (Å²) >= 11 is 0. The van der Waals surface area contributed by atoms with Crippen molar-refractivity contribution < 1.29 is 9.47 Å². The number of hydrogen-bond acceptors (Lipinski definition) is 4. The molecule has 3 aromatic carbocycles. The Bertz CT molecular complexity index is 1280. The third-order valence-electron chi connectivity index (χ3n) is 5.78. The second-order valence-electron chi connectivity index (χ2n) is 8.42. The predicted molar refractivity (Wildman–Crippen MR) is 133 cm³/mol. The molecule has 0 spiro atoms. The quantitative estimate of drug-likeness (QED) is 0.296. The van der Waals surface area contributed by atoms with Gasteiger partial charge in [-0.05, 0) is 72.9 Å². The molecule has 4 aromatic rings. The van der Waals surface area contributed by atoms with E-state index in [1.807, 2.05) is 60.7 Å². The first-order chi connectivity index (χ1) is 16.1. The zero-order valence-corrected chi connectivity index (χ0v) is 19.5. The molecule has 4 rings (SSSR count). The topological polar surface area (TPSA) is 53.3 Å². The number of benzene rings is 3. The maximum Gasteiger partial charge on any atom is 0.261 e. The highest BCUT2D eigenvalue weighted by atomic mass is 16.5. The van der Waals surface area contributed by atoms with Gasteiger partial charge in [-0.3, -0.25) is 9.36 Å². The monoisotopic (exact) mass is 442 g/mol. The largest absolute Gasteiger partial charge is 0.497 e. The lowest BCUT2D eigenvalue weighted by molar-refractivity contribution is 0.302. The summed E-state index contributed by atoms with van der Waals surface area (Å²) in [5.41, 5.74) is 2.85. The molecule has 0 aliphatic rings. The Balaban J connectivity index is 1.51. The molecular weight excluding hydrogens is 412 g/mol. The maximum absolute atomic E-state index is 13.3. The molecule has 0 aliphatic heterocycles. The van der Waals surface area contributed by atoms with Gasteiger partial charge in [-0.1, -0.05) is 38.1 Å². The van der Waals surface area contributed by atoms with Crippen molar-refractivity contribution in [2.75, 3.05) is 13.7 Å². The fourth-order valence-corrected chi connectivity index (χ4v) is 3.86. The van der Waals surface area contributed by atoms with Crippen LogP contribution in [-0.2, 0) is 6.54 Å². The van der Waals surface area contributed by atoms with Crippen LogP contribution in [0.25, 0.3) is 22.3 Å². The van der Waals surface area contributed by atoms with E-state index in [0.717, 1.165) is 29.9 Å². The number of ether oxygens (including phenoxy) is 2. The standard InChI is InChI=1S/C28H30N2O3/c1-20(2)22-9-8-10-24(19-22)33-18-7-6-17-30-27(21-13-15-23(32-3)16-14-21)29-26-12-5-4-11-25(26)28(30)31/h4-5,8-16,19-20H,6-7,17-18H2,1-3H3. The van der Waals surface area contributed by atoms with Crippen molar-refractivity contribution in [3.05, 3.63) is 88.7 Å². The summed E-state index contributed by atoms with van der Waals surface area (Å²) in [6, 6.07) is 23.4. The van der Waals surface area contributed by atoms with Gasteiger partial charge < -0.3 is 9.47 Å². The van der Waals surface area contributed by atoms with Crippen molar-refractivity contribution in [1.29, 1.82) is 0 Å². The summed E-state index contributed by atoms with van der Waals surface area (Å²) in [7, 11) is 1.64. The molecule has 5 heteroatoms. The first-order valence-electron chi connectivity index (χ1n) is 11.4. The molecular formula is C28H30N2O3. The van der Waals surface area contributed by atoms with Crippen molar-refractivity contribution in [2.24, 2.45) is 0 Å². The maximum atomic E-state index is 13.3. The number of nitrogens with zero attached hydrogens (tertiary/aromatic N) is 2. The van der Waals surface area contributed by atoms with E-state index in [9.17, 15) is 4.79 Å². The van der Waals surface area contributed by atoms with Gasteiger partial charge in [-0.2, -0.15) is 0 Å². The zero-order valence-electron chi connectivity index (χ0n) is 19.5. The second-order valence-corrected chi connectivity index (χ2v) is 8.42. The van der Waals surface area contributed by atoms with E-state index in [0.29, 0.717) is 35.8 Å². The van der Waals surface area contributed by atoms with E-state index in [1.54, 1.807) is 11.7 Å². The number of aromatic nitrogens is 2. The smallest absolute Gasteiger partial charge is 0.261 e. The van der Waals surface area contributed by atoms with E-state index < -0.39 is 0 Å². The van der Waals surface area contributed by atoms with Crippen LogP contribution >= 0.6 is 0 Å². The number of fused-ring (bicyclic) bond motifs is 1. The number of rotatable bonds is 9. The molecule has 0 atom stereocenters. The number of unbranched alkanes of at least 4 members (excludes halogenated alkanes) is 1. The summed E-state index contributed by atoms with van der Waals surface area (Å²) in [4.78, 5) is 18.1. The zero-order chi connectivity index (χ0) is 23.2. The van der Waals surface area contributed by atoms with Gasteiger partial charge in [0, 0.05) is 12.1 Å². The lowest BCUT2D eigenvalue weighted by Gasteiger charge is -2.14. The predicted octanol–water partition coefficient (Wildman–Crippen LogP) is 6.05. The number of para-hydroxylation sites is 1. The van der Waals surface area contributed by atoms with Gasteiger partial charge in [0.05, 0.1) is 24.6 Å². The molecule has 0 bridgehead atoms. The van der Waals surface area contributed by atoms with Gasteiger partial charge in [0.25, 0.3) is 5.56 Å². The highest BCUT2D eigenvalue weighted by Gasteiger charge is 2.13. The first-order valence-corrected chi connectivity index (χ1v) is 11.4. The Morgan fingerprint density at radius 2 is 1.70 bits per heavy atom. The van der Waals surface area contributed by atoms with E-state index in [4.69, 9.17) is 14.5 Å². The van der Waals surface area contributed by atoms with E-state index >= 15 is 0 Å². The minimum Gasteiger partial charge on any atom is -0.497 e. The van der Waals surface area contributed by atoms with Crippen LogP contribution in [0.1, 0.15) is 38.2 Å². The van der Waals surface area contributed by atoms with Gasteiger partial charge in [0.15, 0.2) is 0 Å². The summed E-state index contributed by atoms with van der Waals surface area (Å²) in [6.07, 6.45) is 1.65. The summed E-state index contributed by atoms with van der Waals surface area (Å²) in [6.45, 7) is 5.53. The minimum atomic E-state index is -0.0167. The van der Waals surface area contributed by atoms with Crippen molar-refractivity contribution >= 4 is 10.9 Å². The van der Waals surface area contributed by atoms with Gasteiger partial charge in [-0.15, -0.1) is 0 Å². The molecule has 33 heavy (non-hydrogen) atoms. The fourth-order valence-electron chi connectivity index (χ4n) is 3.86. The highest BCUT2D eigenvalue weighted by molar-refractivity contribution is 5.79. The molecule has 0 amide bonds. The van der Waals surface area contributed by atoms with E-state index in [2.05, 4.69) is 26.0 Å². The minimum absolute atomic E-state index is 0.0167. The Morgan fingerprint density at radius 3 is 2.45 bits per heavy atom. The Kier molecular flexibility index (Phi) is 7.08. The Morgan fingerprint density at radius 1 is 0.909 bits per heavy atom. The number of methoxy groups -OCH3 is 1. The van der Waals surface area contributed by atoms with Crippen molar-refractivity contribution in [3.63, 3.8) is 0 Å². The van der Waals surface area contributed by atoms with Crippen LogP contribution in [0.5, 0.6) is 11.5 Å². The van der Waals surface area contributed by atoms with Crippen LogP contribution in [0.4, 0.5) is 0 Å². The van der Waals surface area contributed by atoms with Gasteiger partial charge in [0.2, 0.25) is 0 Å². The van der Waals surface area contributed by atoms with Crippen LogP contribution in [0.15, 0.2) is 77.6 Å². The second kappa shape index (κ2) is 10.3. The average molecular weight is 443 g/mol. The molecule has 1 aromatic heterocycles. The van der Waals surface area contributed by atoms with E-state index in [-0.39, 0.29) is 5.56 Å². The molecule has 170 valence electrons. The van der Waals surface area contributed by atoms with Crippen molar-refractivity contribution in [3.8, 4) is 22.9 Å². The third kappa shape index (κ3) is 5.25. The fraction of sp³-hybridized carbons (Fsp3) is 0.286. The third-order valence-corrected chi connectivity index (χ3v) is 5.78. The summed E-state index contributed by atoms with van der Waals surface area (Å²) in [5.74, 6) is 2.81. The first kappa shape index (κ1) is 22.6. The molecule has 1 heterocycles. The highest BCUT2D eigenvalue weighted by Crippen LogP contribution is 2.23. The summed E-state index contributed by atoms with van der Waals surface area (Å²) in [5, 5.41) is 0.636. The lowest BCUT2D eigenvalue weighted by Crippen LogP contribution is -2.24. The molecule has 5 nitrogen and oxygen atoms in total. The van der Waals surface area contributed by atoms with Crippen LogP contribution in [0.3, 0.4) is 0 Å². The number of hydrogen-bond donors (Lipinski definition) is 0. The molecule has 0 saturated carbocycles. The SMILES string of the molecule is COc1ccc(-c2nc3ccccc3c(=O)n2CCCCOc2cccc(C(C)C)c2)cc1. The normalized spacial score (nSPS) is 11.2.